The van der Waals surface area contributed by atoms with E-state index in [2.05, 4.69) is 9.97 Å². The van der Waals surface area contributed by atoms with E-state index < -0.39 is 6.23 Å². The molecule has 3 rings (SSSR count). The monoisotopic (exact) mass is 285 g/mol. The summed E-state index contributed by atoms with van der Waals surface area (Å²) in [5.74, 6) is 0.218. The summed E-state index contributed by atoms with van der Waals surface area (Å²) >= 11 is 0. The van der Waals surface area contributed by atoms with Gasteiger partial charge in [0.2, 0.25) is 5.95 Å². The average molecular weight is 285 g/mol. The van der Waals surface area contributed by atoms with Gasteiger partial charge in [-0.25, -0.2) is 9.97 Å². The van der Waals surface area contributed by atoms with Crippen LogP contribution in [-0.2, 0) is 6.42 Å². The quantitative estimate of drug-likeness (QED) is 0.647. The number of aliphatic hydroxyl groups excluding tert-OH is 1. The van der Waals surface area contributed by atoms with E-state index in [4.69, 9.17) is 10.5 Å². The highest BCUT2D eigenvalue weighted by Gasteiger charge is 2.27. The van der Waals surface area contributed by atoms with Crippen molar-refractivity contribution in [2.75, 3.05) is 17.2 Å². The molecule has 2 heterocycles. The molecule has 21 heavy (non-hydrogen) atoms. The number of nitrogen functional groups attached to an aromatic ring is 1. The smallest absolute Gasteiger partial charge is 0.283 e. The number of anilines is 2. The second-order valence-corrected chi connectivity index (χ2v) is 4.97. The van der Waals surface area contributed by atoms with Gasteiger partial charge in [-0.3, -0.25) is 4.79 Å². The Balaban J connectivity index is 2.16. The lowest BCUT2D eigenvalue weighted by Gasteiger charge is -2.28. The molecule has 1 atom stereocenters. The van der Waals surface area contributed by atoms with Crippen LogP contribution in [-0.4, -0.2) is 38.9 Å². The van der Waals surface area contributed by atoms with Crippen molar-refractivity contribution in [3.8, 4) is 11.3 Å². The third-order valence-electron chi connectivity index (χ3n) is 3.61. The maximum Gasteiger partial charge on any atom is 0.283 e. The summed E-state index contributed by atoms with van der Waals surface area (Å²) in [7, 11) is 0. The van der Waals surface area contributed by atoms with E-state index in [1.54, 1.807) is 6.20 Å². The van der Waals surface area contributed by atoms with Crippen molar-refractivity contribution in [2.45, 2.75) is 19.1 Å². The van der Waals surface area contributed by atoms with Gasteiger partial charge < -0.3 is 15.7 Å². The van der Waals surface area contributed by atoms with Gasteiger partial charge in [0.05, 0.1) is 12.1 Å². The molecule has 6 heteroatoms. The Morgan fingerprint density at radius 2 is 2.24 bits per heavy atom. The number of hydrogen-bond acceptors (Lipinski definition) is 5. The zero-order chi connectivity index (χ0) is 14.8. The Hall–Kier alpha value is -2.47. The van der Waals surface area contributed by atoms with E-state index in [-0.39, 0.29) is 5.95 Å². The van der Waals surface area contributed by atoms with Crippen LogP contribution in [0.1, 0.15) is 12.0 Å². The molecule has 1 aromatic heterocycles. The third-order valence-corrected chi connectivity index (χ3v) is 3.61. The van der Waals surface area contributed by atoms with Crippen molar-refractivity contribution in [1.82, 2.24) is 9.97 Å². The molecule has 0 fully saturated rings. The molecule has 1 aliphatic rings. The number of hydrogen-bond donors (Lipinski definition) is 2. The third kappa shape index (κ3) is 2.45. The molecule has 1 aliphatic heterocycles. The van der Waals surface area contributed by atoms with E-state index in [1.165, 1.54) is 0 Å². The highest BCUT2D eigenvalue weighted by molar-refractivity contribution is 5.80. The summed E-state index contributed by atoms with van der Waals surface area (Å²) in [5.41, 5.74) is 9.11. The van der Waals surface area contributed by atoms with Crippen LogP contribution in [0.4, 0.5) is 11.6 Å². The zero-order valence-electron chi connectivity index (χ0n) is 11.5. The number of aromatic nitrogens is 2. The molecule has 4 N–H and O–H groups in total. The lowest BCUT2D eigenvalue weighted by molar-refractivity contribution is 0.170. The summed E-state index contributed by atoms with van der Waals surface area (Å²) in [5, 5.41) is 10.5. The van der Waals surface area contributed by atoms with Gasteiger partial charge in [-0.1, -0.05) is 18.2 Å². The SMILES string of the molecule is Nc1ncc2c(n1)-c1ccccc1N(CCC=[OH+])C(O)C2. The molecule has 1 aromatic carbocycles. The maximum atomic E-state index is 10.5. The lowest BCUT2D eigenvalue weighted by atomic mass is 10.1. The minimum absolute atomic E-state index is 0.218. The van der Waals surface area contributed by atoms with Crippen LogP contribution in [0.3, 0.4) is 0 Å². The summed E-state index contributed by atoms with van der Waals surface area (Å²) in [4.78, 5) is 19.2. The fraction of sp³-hybridized carbons (Fsp3) is 0.267. The molecule has 0 amide bonds. The Labute approximate surface area is 122 Å². The second-order valence-electron chi connectivity index (χ2n) is 4.97. The predicted octanol–water partition coefficient (Wildman–Crippen LogP) is 0.971. The highest BCUT2D eigenvalue weighted by atomic mass is 16.3. The van der Waals surface area contributed by atoms with E-state index >= 15 is 0 Å². The van der Waals surface area contributed by atoms with Gasteiger partial charge in [0.25, 0.3) is 6.29 Å². The van der Waals surface area contributed by atoms with Crippen LogP contribution in [0, 0.1) is 0 Å². The number of aliphatic hydroxyl groups is 1. The van der Waals surface area contributed by atoms with Crippen LogP contribution in [0.15, 0.2) is 30.5 Å². The van der Waals surface area contributed by atoms with Gasteiger partial charge in [0.15, 0.2) is 0 Å². The first kappa shape index (κ1) is 13.5. The molecule has 6 nitrogen and oxygen atoms in total. The van der Waals surface area contributed by atoms with E-state index in [0.29, 0.717) is 19.4 Å². The number of aldehydes is 1. The molecule has 0 saturated carbocycles. The first-order valence-corrected chi connectivity index (χ1v) is 6.82. The fourth-order valence-electron chi connectivity index (χ4n) is 2.66. The molecule has 0 saturated heterocycles. The van der Waals surface area contributed by atoms with Crippen molar-refractivity contribution in [3.05, 3.63) is 36.0 Å². The molecule has 0 spiro atoms. The first-order valence-electron chi connectivity index (χ1n) is 6.82. The number of para-hydroxylation sites is 1. The van der Waals surface area contributed by atoms with Crippen molar-refractivity contribution >= 4 is 17.9 Å². The summed E-state index contributed by atoms with van der Waals surface area (Å²) in [6.45, 7) is 0.519. The topological polar surface area (TPSA) is 96.7 Å². The molecule has 0 radical (unpaired) electrons. The van der Waals surface area contributed by atoms with Gasteiger partial charge in [-0.05, 0) is 6.07 Å². The van der Waals surface area contributed by atoms with Gasteiger partial charge in [0.1, 0.15) is 6.23 Å². The minimum Gasteiger partial charge on any atom is -0.373 e. The number of carbonyl (C=O) groups excluding carboxylic acids is 1. The second kappa shape index (κ2) is 5.49. The van der Waals surface area contributed by atoms with Crippen LogP contribution in [0.2, 0.25) is 0 Å². The number of benzene rings is 1. The molecule has 1 unspecified atom stereocenters. The largest absolute Gasteiger partial charge is 0.373 e. The molecule has 0 bridgehead atoms. The fourth-order valence-corrected chi connectivity index (χ4v) is 2.66. The Morgan fingerprint density at radius 1 is 1.43 bits per heavy atom. The maximum absolute atomic E-state index is 10.5. The molecule has 0 aliphatic carbocycles. The van der Waals surface area contributed by atoms with Crippen LogP contribution < -0.4 is 10.6 Å². The summed E-state index contributed by atoms with van der Waals surface area (Å²) in [6, 6.07) is 7.73. The van der Waals surface area contributed by atoms with Crippen molar-refractivity contribution in [1.29, 1.82) is 0 Å². The molecule has 2 aromatic rings. The number of fused-ring (bicyclic) bond motifs is 3. The normalized spacial score (nSPS) is 16.8. The molecular formula is C15H17N4O2+. The van der Waals surface area contributed by atoms with E-state index in [0.717, 1.165) is 28.8 Å². The van der Waals surface area contributed by atoms with Crippen molar-refractivity contribution < 1.29 is 9.90 Å². The van der Waals surface area contributed by atoms with Crippen molar-refractivity contribution in [3.63, 3.8) is 0 Å². The van der Waals surface area contributed by atoms with Crippen LogP contribution in [0.25, 0.3) is 11.3 Å². The van der Waals surface area contributed by atoms with E-state index in [1.807, 2.05) is 29.2 Å². The predicted molar refractivity (Wildman–Crippen MR) is 81.6 cm³/mol. The van der Waals surface area contributed by atoms with E-state index in [9.17, 15) is 5.11 Å². The summed E-state index contributed by atoms with van der Waals surface area (Å²) < 4.78 is 0. The van der Waals surface area contributed by atoms with Crippen molar-refractivity contribution in [2.24, 2.45) is 0 Å². The van der Waals surface area contributed by atoms with Crippen LogP contribution >= 0.6 is 0 Å². The van der Waals surface area contributed by atoms with Gasteiger partial charge >= 0.3 is 0 Å². The highest BCUT2D eigenvalue weighted by Crippen LogP contribution is 2.36. The Morgan fingerprint density at radius 3 is 3.05 bits per heavy atom. The minimum atomic E-state index is -0.695. The zero-order valence-corrected chi connectivity index (χ0v) is 11.5. The standard InChI is InChI=1S/C15H16N4O2/c16-15-17-9-10-8-13(21)19(6-3-7-20)12-5-2-1-4-11(12)14(10)18-15/h1-2,4-5,7,9,13,21H,3,6,8H2,(H2,16,17,18)/p+1. The molecular weight excluding hydrogens is 268 g/mol. The number of nitrogens with two attached hydrogens (primary N) is 1. The average Bonchev–Trinajstić information content (AvgIpc) is 2.60. The Bertz CT molecular complexity index is 674. The number of nitrogens with zero attached hydrogens (tertiary/aromatic N) is 3. The van der Waals surface area contributed by atoms with Gasteiger partial charge in [0, 0.05) is 36.0 Å². The molecule has 108 valence electrons. The Kier molecular flexibility index (Phi) is 3.53. The number of rotatable bonds is 3. The first-order chi connectivity index (χ1) is 10.2. The van der Waals surface area contributed by atoms with Gasteiger partial charge in [-0.15, -0.1) is 0 Å². The van der Waals surface area contributed by atoms with Gasteiger partial charge in [-0.2, -0.15) is 0 Å². The lowest BCUT2D eigenvalue weighted by Crippen LogP contribution is -2.37. The summed E-state index contributed by atoms with van der Waals surface area (Å²) in [6.07, 6.45) is 2.95. The van der Waals surface area contributed by atoms with Crippen LogP contribution in [0.5, 0.6) is 0 Å².